The summed E-state index contributed by atoms with van der Waals surface area (Å²) in [7, 11) is 0. The van der Waals surface area contributed by atoms with Crippen molar-refractivity contribution in [3.63, 3.8) is 0 Å². The monoisotopic (exact) mass is 382 g/mol. The van der Waals surface area contributed by atoms with E-state index in [4.69, 9.17) is 4.74 Å². The largest absolute Gasteiger partial charge is 0.508 e. The van der Waals surface area contributed by atoms with Crippen LogP contribution in [0.1, 0.15) is 22.3 Å². The lowest BCUT2D eigenvalue weighted by Gasteiger charge is -2.08. The molecule has 0 aliphatic carbocycles. The Morgan fingerprint density at radius 1 is 0.414 bits per heavy atom. The Hall–Kier alpha value is -3.72. The molecule has 4 aromatic rings. The lowest BCUT2D eigenvalue weighted by atomic mass is 10.0. The first-order valence-corrected chi connectivity index (χ1v) is 9.56. The third kappa shape index (κ3) is 5.17. The Morgan fingerprint density at radius 3 is 1.00 bits per heavy atom. The molecule has 4 rings (SSSR count). The zero-order valence-electron chi connectivity index (χ0n) is 16.0. The van der Waals surface area contributed by atoms with Crippen LogP contribution < -0.4 is 4.74 Å². The SMILES string of the molecule is Oc1ccc(Cc2ccc(Oc3ccc(Cc4ccc(O)cc4)cc3)cc2)cc1. The Labute approximate surface area is 170 Å². The third-order valence-corrected chi connectivity index (χ3v) is 4.77. The third-order valence-electron chi connectivity index (χ3n) is 4.77. The van der Waals surface area contributed by atoms with E-state index in [9.17, 15) is 10.2 Å². The van der Waals surface area contributed by atoms with Gasteiger partial charge >= 0.3 is 0 Å². The molecule has 0 atom stereocenters. The van der Waals surface area contributed by atoms with E-state index in [-0.39, 0.29) is 11.5 Å². The van der Waals surface area contributed by atoms with Crippen LogP contribution in [-0.2, 0) is 12.8 Å². The van der Waals surface area contributed by atoms with E-state index < -0.39 is 0 Å². The fourth-order valence-electron chi connectivity index (χ4n) is 3.19. The van der Waals surface area contributed by atoms with Crippen LogP contribution in [0.3, 0.4) is 0 Å². The molecule has 0 heterocycles. The summed E-state index contributed by atoms with van der Waals surface area (Å²) in [5.74, 6) is 2.16. The van der Waals surface area contributed by atoms with Gasteiger partial charge in [0.1, 0.15) is 23.0 Å². The number of ether oxygens (including phenoxy) is 1. The Balaban J connectivity index is 1.36. The maximum absolute atomic E-state index is 9.37. The quantitative estimate of drug-likeness (QED) is 0.425. The predicted molar refractivity (Wildman–Crippen MR) is 115 cm³/mol. The van der Waals surface area contributed by atoms with Crippen LogP contribution in [0.15, 0.2) is 97.1 Å². The van der Waals surface area contributed by atoms with E-state index in [0.717, 1.165) is 35.5 Å². The van der Waals surface area contributed by atoms with Crippen molar-refractivity contribution in [3.8, 4) is 23.0 Å². The lowest BCUT2D eigenvalue weighted by Crippen LogP contribution is -1.90. The summed E-state index contributed by atoms with van der Waals surface area (Å²) < 4.78 is 5.95. The summed E-state index contributed by atoms with van der Waals surface area (Å²) in [4.78, 5) is 0. The van der Waals surface area contributed by atoms with Crippen LogP contribution in [-0.4, -0.2) is 10.2 Å². The molecule has 0 amide bonds. The van der Waals surface area contributed by atoms with Crippen molar-refractivity contribution < 1.29 is 14.9 Å². The molecule has 0 saturated carbocycles. The van der Waals surface area contributed by atoms with Crippen LogP contribution in [0.2, 0.25) is 0 Å². The number of phenolic OH excluding ortho intramolecular Hbond substituents is 2. The fraction of sp³-hybridized carbons (Fsp3) is 0.0769. The van der Waals surface area contributed by atoms with E-state index in [2.05, 4.69) is 24.3 Å². The number of rotatable bonds is 6. The molecule has 0 radical (unpaired) electrons. The first-order valence-electron chi connectivity index (χ1n) is 9.56. The molecule has 0 spiro atoms. The Morgan fingerprint density at radius 2 is 0.690 bits per heavy atom. The molecule has 3 nitrogen and oxygen atoms in total. The highest BCUT2D eigenvalue weighted by molar-refractivity contribution is 5.38. The van der Waals surface area contributed by atoms with Gasteiger partial charge in [-0.15, -0.1) is 0 Å². The highest BCUT2D eigenvalue weighted by Crippen LogP contribution is 2.24. The highest BCUT2D eigenvalue weighted by Gasteiger charge is 2.02. The van der Waals surface area contributed by atoms with Crippen LogP contribution in [0.4, 0.5) is 0 Å². The van der Waals surface area contributed by atoms with Gasteiger partial charge in [0, 0.05) is 0 Å². The van der Waals surface area contributed by atoms with Gasteiger partial charge in [0.05, 0.1) is 0 Å². The number of aromatic hydroxyl groups is 2. The molecule has 4 aromatic carbocycles. The number of benzene rings is 4. The summed E-state index contributed by atoms with van der Waals surface area (Å²) >= 11 is 0. The van der Waals surface area contributed by atoms with Gasteiger partial charge in [-0.2, -0.15) is 0 Å². The van der Waals surface area contributed by atoms with E-state index >= 15 is 0 Å². The smallest absolute Gasteiger partial charge is 0.127 e. The molecule has 0 saturated heterocycles. The highest BCUT2D eigenvalue weighted by atomic mass is 16.5. The molecule has 2 N–H and O–H groups in total. The maximum Gasteiger partial charge on any atom is 0.127 e. The molecule has 0 aliphatic heterocycles. The molecule has 0 fully saturated rings. The predicted octanol–water partition coefficient (Wildman–Crippen LogP) is 6.07. The topological polar surface area (TPSA) is 49.7 Å². The van der Waals surface area contributed by atoms with Gasteiger partial charge < -0.3 is 14.9 Å². The Bertz CT molecular complexity index is 960. The molecular formula is C26H22O3. The van der Waals surface area contributed by atoms with Gasteiger partial charge in [-0.1, -0.05) is 48.5 Å². The van der Waals surface area contributed by atoms with Crippen LogP contribution in [0, 0.1) is 0 Å². The molecular weight excluding hydrogens is 360 g/mol. The van der Waals surface area contributed by atoms with Gasteiger partial charge in [0.25, 0.3) is 0 Å². The molecule has 0 aromatic heterocycles. The molecule has 144 valence electrons. The first kappa shape index (κ1) is 18.6. The Kier molecular flexibility index (Phi) is 5.48. The lowest BCUT2D eigenvalue weighted by molar-refractivity contribution is 0.474. The average molecular weight is 382 g/mol. The number of hydrogen-bond acceptors (Lipinski definition) is 3. The summed E-state index contributed by atoms with van der Waals surface area (Å²) in [6, 6.07) is 30.7. The second kappa shape index (κ2) is 8.53. The van der Waals surface area contributed by atoms with Crippen molar-refractivity contribution in [2.24, 2.45) is 0 Å². The van der Waals surface area contributed by atoms with E-state index in [1.807, 2.05) is 48.5 Å². The van der Waals surface area contributed by atoms with Crippen LogP contribution >= 0.6 is 0 Å². The second-order valence-electron chi connectivity index (χ2n) is 7.08. The minimum Gasteiger partial charge on any atom is -0.508 e. The van der Waals surface area contributed by atoms with Crippen molar-refractivity contribution >= 4 is 0 Å². The summed E-state index contributed by atoms with van der Waals surface area (Å²) in [5, 5.41) is 18.7. The molecule has 29 heavy (non-hydrogen) atoms. The van der Waals surface area contributed by atoms with Crippen molar-refractivity contribution in [1.29, 1.82) is 0 Å². The maximum atomic E-state index is 9.37. The first-order chi connectivity index (χ1) is 14.1. The second-order valence-corrected chi connectivity index (χ2v) is 7.08. The molecule has 0 aliphatic rings. The zero-order chi connectivity index (χ0) is 20.1. The standard InChI is InChI=1S/C26H22O3/c27-23-9-1-19(2-10-23)17-21-5-13-25(14-6-21)29-26-15-7-22(8-16-26)18-20-3-11-24(28)12-4-20/h1-16,27-28H,17-18H2. The fourth-order valence-corrected chi connectivity index (χ4v) is 3.19. The van der Waals surface area contributed by atoms with E-state index in [1.165, 1.54) is 11.1 Å². The van der Waals surface area contributed by atoms with E-state index in [0.29, 0.717) is 0 Å². The minimum atomic E-state index is 0.284. The van der Waals surface area contributed by atoms with Crippen molar-refractivity contribution in [1.82, 2.24) is 0 Å². The van der Waals surface area contributed by atoms with Gasteiger partial charge in [0.2, 0.25) is 0 Å². The van der Waals surface area contributed by atoms with Crippen molar-refractivity contribution in [3.05, 3.63) is 119 Å². The molecule has 0 unspecified atom stereocenters. The van der Waals surface area contributed by atoms with Crippen LogP contribution in [0.5, 0.6) is 23.0 Å². The van der Waals surface area contributed by atoms with Crippen LogP contribution in [0.25, 0.3) is 0 Å². The molecule has 0 bridgehead atoms. The summed E-state index contributed by atoms with van der Waals surface area (Å²) in [6.07, 6.45) is 1.62. The minimum absolute atomic E-state index is 0.284. The van der Waals surface area contributed by atoms with Crippen molar-refractivity contribution in [2.45, 2.75) is 12.8 Å². The average Bonchev–Trinajstić information content (AvgIpc) is 2.74. The van der Waals surface area contributed by atoms with Crippen molar-refractivity contribution in [2.75, 3.05) is 0 Å². The normalized spacial score (nSPS) is 10.6. The van der Waals surface area contributed by atoms with Gasteiger partial charge in [-0.3, -0.25) is 0 Å². The number of phenols is 2. The van der Waals surface area contributed by atoms with Gasteiger partial charge in [-0.25, -0.2) is 0 Å². The zero-order valence-corrected chi connectivity index (χ0v) is 16.0. The van der Waals surface area contributed by atoms with Gasteiger partial charge in [0.15, 0.2) is 0 Å². The number of hydrogen-bond donors (Lipinski definition) is 2. The summed E-state index contributed by atoms with van der Waals surface area (Å²) in [5.41, 5.74) is 4.68. The summed E-state index contributed by atoms with van der Waals surface area (Å²) in [6.45, 7) is 0. The van der Waals surface area contributed by atoms with E-state index in [1.54, 1.807) is 24.3 Å². The van der Waals surface area contributed by atoms with Gasteiger partial charge in [-0.05, 0) is 83.6 Å². The molecule has 3 heteroatoms.